The van der Waals surface area contributed by atoms with Crippen molar-refractivity contribution in [2.75, 3.05) is 5.32 Å². The lowest BCUT2D eigenvalue weighted by Crippen LogP contribution is -1.99. The Morgan fingerprint density at radius 2 is 1.62 bits per heavy atom. The molecule has 3 rings (SSSR count). The van der Waals surface area contributed by atoms with E-state index >= 15 is 0 Å². The Hall–Kier alpha value is -1.39. The summed E-state index contributed by atoms with van der Waals surface area (Å²) in [4.78, 5) is 0. The third-order valence-electron chi connectivity index (χ3n) is 3.28. The van der Waals surface area contributed by atoms with Crippen molar-refractivity contribution >= 4 is 48.3 Å². The molecule has 106 valence electrons. The number of fused-ring (bicyclic) bond motifs is 1. The number of halogens is 3. The summed E-state index contributed by atoms with van der Waals surface area (Å²) < 4.78 is 14.8. The molecule has 0 saturated carbocycles. The minimum Gasteiger partial charge on any atom is -0.381 e. The maximum Gasteiger partial charge on any atom is 0.137 e. The first kappa shape index (κ1) is 14.5. The van der Waals surface area contributed by atoms with E-state index < -0.39 is 0 Å². The van der Waals surface area contributed by atoms with Gasteiger partial charge in [-0.3, -0.25) is 0 Å². The van der Waals surface area contributed by atoms with Crippen molar-refractivity contribution in [1.82, 2.24) is 0 Å². The van der Waals surface area contributed by atoms with Gasteiger partial charge < -0.3 is 5.32 Å². The van der Waals surface area contributed by atoms with Gasteiger partial charge in [-0.05, 0) is 68.7 Å². The van der Waals surface area contributed by atoms with E-state index in [1.807, 2.05) is 12.1 Å². The maximum atomic E-state index is 13.2. The Bertz CT molecular complexity index is 802. The fraction of sp³-hybridized carbons (Fsp3) is 0.0588. The predicted molar refractivity (Wildman–Crippen MR) is 93.1 cm³/mol. The van der Waals surface area contributed by atoms with Crippen LogP contribution in [0.15, 0.2) is 63.5 Å². The van der Waals surface area contributed by atoms with Gasteiger partial charge in [-0.25, -0.2) is 4.39 Å². The van der Waals surface area contributed by atoms with Gasteiger partial charge in [0.1, 0.15) is 5.82 Å². The smallest absolute Gasteiger partial charge is 0.137 e. The zero-order valence-corrected chi connectivity index (χ0v) is 14.2. The number of hydrogen-bond acceptors (Lipinski definition) is 1. The lowest BCUT2D eigenvalue weighted by atomic mass is 10.1. The van der Waals surface area contributed by atoms with E-state index in [0.29, 0.717) is 11.0 Å². The molecule has 3 aromatic carbocycles. The second kappa shape index (κ2) is 6.16. The fourth-order valence-electron chi connectivity index (χ4n) is 2.18. The molecule has 0 aliphatic carbocycles. The number of anilines is 1. The van der Waals surface area contributed by atoms with Crippen molar-refractivity contribution < 1.29 is 4.39 Å². The van der Waals surface area contributed by atoms with E-state index in [9.17, 15) is 4.39 Å². The van der Waals surface area contributed by atoms with E-state index in [4.69, 9.17) is 0 Å². The Balaban J connectivity index is 1.78. The van der Waals surface area contributed by atoms with E-state index in [2.05, 4.69) is 61.4 Å². The molecule has 0 bridgehead atoms. The van der Waals surface area contributed by atoms with Gasteiger partial charge in [-0.2, -0.15) is 0 Å². The molecule has 0 amide bonds. The molecule has 0 spiro atoms. The van der Waals surface area contributed by atoms with Crippen molar-refractivity contribution in [3.05, 3.63) is 74.9 Å². The molecule has 0 saturated heterocycles. The van der Waals surface area contributed by atoms with Crippen molar-refractivity contribution in [3.63, 3.8) is 0 Å². The van der Waals surface area contributed by atoms with Crippen LogP contribution in [0.4, 0.5) is 10.1 Å². The lowest BCUT2D eigenvalue weighted by Gasteiger charge is -2.09. The van der Waals surface area contributed by atoms with E-state index in [1.165, 1.54) is 16.8 Å². The van der Waals surface area contributed by atoms with Crippen LogP contribution in [-0.4, -0.2) is 0 Å². The summed E-state index contributed by atoms with van der Waals surface area (Å²) in [5.74, 6) is -0.241. The highest BCUT2D eigenvalue weighted by atomic mass is 79.9. The molecule has 3 aromatic rings. The van der Waals surface area contributed by atoms with Crippen molar-refractivity contribution in [2.24, 2.45) is 0 Å². The molecule has 0 unspecified atom stereocenters. The molecule has 0 radical (unpaired) electrons. The average Bonchev–Trinajstić information content (AvgIpc) is 2.48. The molecule has 0 fully saturated rings. The third kappa shape index (κ3) is 3.44. The first-order valence-corrected chi connectivity index (χ1v) is 8.07. The molecule has 0 atom stereocenters. The van der Waals surface area contributed by atoms with Crippen LogP contribution in [0, 0.1) is 5.82 Å². The second-order valence-corrected chi connectivity index (χ2v) is 6.58. The predicted octanol–water partition coefficient (Wildman–Crippen LogP) is 6.12. The summed E-state index contributed by atoms with van der Waals surface area (Å²) in [5.41, 5.74) is 2.07. The summed E-state index contributed by atoms with van der Waals surface area (Å²) in [6.07, 6.45) is 0. The van der Waals surface area contributed by atoms with Gasteiger partial charge in [-0.1, -0.05) is 34.1 Å². The molecule has 21 heavy (non-hydrogen) atoms. The summed E-state index contributed by atoms with van der Waals surface area (Å²) in [5, 5.41) is 5.74. The first-order chi connectivity index (χ1) is 10.1. The fourth-order valence-corrected chi connectivity index (χ4v) is 2.99. The van der Waals surface area contributed by atoms with E-state index in [0.717, 1.165) is 15.7 Å². The topological polar surface area (TPSA) is 12.0 Å². The zero-order valence-electron chi connectivity index (χ0n) is 11.0. The molecule has 0 aromatic heterocycles. The van der Waals surface area contributed by atoms with Gasteiger partial charge in [-0.15, -0.1) is 0 Å². The summed E-state index contributed by atoms with van der Waals surface area (Å²) in [6, 6.07) is 17.5. The van der Waals surface area contributed by atoms with E-state index in [1.54, 1.807) is 12.1 Å². The van der Waals surface area contributed by atoms with Crippen LogP contribution in [-0.2, 0) is 6.54 Å². The summed E-state index contributed by atoms with van der Waals surface area (Å²) in [7, 11) is 0. The van der Waals surface area contributed by atoms with Crippen LogP contribution in [0.25, 0.3) is 10.8 Å². The zero-order chi connectivity index (χ0) is 14.8. The normalized spacial score (nSPS) is 10.8. The number of nitrogens with one attached hydrogen (secondary N) is 1. The molecule has 1 nitrogen and oxygen atoms in total. The maximum absolute atomic E-state index is 13.2. The van der Waals surface area contributed by atoms with Crippen molar-refractivity contribution in [3.8, 4) is 0 Å². The highest BCUT2D eigenvalue weighted by molar-refractivity contribution is 9.10. The molecule has 4 heteroatoms. The van der Waals surface area contributed by atoms with Crippen molar-refractivity contribution in [1.29, 1.82) is 0 Å². The minimum atomic E-state index is -0.241. The van der Waals surface area contributed by atoms with Gasteiger partial charge in [0.2, 0.25) is 0 Å². The molecule has 0 aliphatic rings. The van der Waals surface area contributed by atoms with Gasteiger partial charge >= 0.3 is 0 Å². The minimum absolute atomic E-state index is 0.241. The number of benzene rings is 3. The highest BCUT2D eigenvalue weighted by Gasteiger charge is 2.01. The molecular formula is C17H12Br2FN. The number of hydrogen-bond donors (Lipinski definition) is 1. The number of rotatable bonds is 3. The summed E-state index contributed by atoms with van der Waals surface area (Å²) >= 11 is 6.68. The molecule has 1 N–H and O–H groups in total. The van der Waals surface area contributed by atoms with Crippen LogP contribution in [0.2, 0.25) is 0 Å². The Morgan fingerprint density at radius 1 is 0.857 bits per heavy atom. The second-order valence-electron chi connectivity index (χ2n) is 4.81. The highest BCUT2D eigenvalue weighted by Crippen LogP contribution is 2.23. The summed E-state index contributed by atoms with van der Waals surface area (Å²) in [6.45, 7) is 0.654. The molecule has 0 heterocycles. The van der Waals surface area contributed by atoms with Crippen LogP contribution in [0.3, 0.4) is 0 Å². The van der Waals surface area contributed by atoms with Gasteiger partial charge in [0.25, 0.3) is 0 Å². The first-order valence-electron chi connectivity index (χ1n) is 6.49. The van der Waals surface area contributed by atoms with Crippen LogP contribution in [0.5, 0.6) is 0 Å². The SMILES string of the molecule is Fc1ccc(CNc2ccc3cc(Br)ccc3c2)cc1Br. The van der Waals surface area contributed by atoms with Crippen LogP contribution < -0.4 is 5.32 Å². The largest absolute Gasteiger partial charge is 0.381 e. The quantitative estimate of drug-likeness (QED) is 0.550. The Labute approximate surface area is 139 Å². The molecular weight excluding hydrogens is 397 g/mol. The lowest BCUT2D eigenvalue weighted by molar-refractivity contribution is 0.620. The Kier molecular flexibility index (Phi) is 4.27. The van der Waals surface area contributed by atoms with Gasteiger partial charge in [0.15, 0.2) is 0 Å². The van der Waals surface area contributed by atoms with Crippen LogP contribution in [0.1, 0.15) is 5.56 Å². The van der Waals surface area contributed by atoms with Gasteiger partial charge in [0, 0.05) is 16.7 Å². The molecule has 0 aliphatic heterocycles. The van der Waals surface area contributed by atoms with E-state index in [-0.39, 0.29) is 5.82 Å². The third-order valence-corrected chi connectivity index (χ3v) is 4.38. The van der Waals surface area contributed by atoms with Crippen LogP contribution >= 0.6 is 31.9 Å². The average molecular weight is 409 g/mol. The van der Waals surface area contributed by atoms with Crippen molar-refractivity contribution in [2.45, 2.75) is 6.54 Å². The standard InChI is InChI=1S/C17H12Br2FN/c18-14-4-2-13-9-15(5-3-12(13)8-14)21-10-11-1-6-17(20)16(19)7-11/h1-9,21H,10H2. The monoisotopic (exact) mass is 407 g/mol. The van der Waals surface area contributed by atoms with Gasteiger partial charge in [0.05, 0.1) is 4.47 Å². The Morgan fingerprint density at radius 3 is 2.43 bits per heavy atom.